The van der Waals surface area contributed by atoms with Crippen LogP contribution >= 0.6 is 0 Å². The standard InChI is InChI=1S/C17H25NO2/c1-14-4-6-15(7-5-14)12-18-10-8-16(19-2)17(13-18)9-3-11-20-17/h4-7,16H,3,8-13H2,1-2H3/t16-,17-/m0/s1. The Bertz CT molecular complexity index is 437. The average molecular weight is 275 g/mol. The van der Waals surface area contributed by atoms with Crippen LogP contribution < -0.4 is 0 Å². The molecule has 1 aromatic carbocycles. The van der Waals surface area contributed by atoms with Crippen LogP contribution in [0.3, 0.4) is 0 Å². The maximum Gasteiger partial charge on any atom is 0.107 e. The van der Waals surface area contributed by atoms with Crippen LogP contribution in [0.25, 0.3) is 0 Å². The molecule has 2 aliphatic rings. The Morgan fingerprint density at radius 1 is 1.35 bits per heavy atom. The summed E-state index contributed by atoms with van der Waals surface area (Å²) in [6.45, 7) is 6.13. The molecule has 3 heteroatoms. The minimum absolute atomic E-state index is 0.0578. The molecule has 0 radical (unpaired) electrons. The van der Waals surface area contributed by atoms with Gasteiger partial charge < -0.3 is 9.47 Å². The summed E-state index contributed by atoms with van der Waals surface area (Å²) in [5, 5.41) is 0. The highest BCUT2D eigenvalue weighted by Crippen LogP contribution is 2.36. The van der Waals surface area contributed by atoms with E-state index in [1.54, 1.807) is 0 Å². The number of nitrogens with zero attached hydrogens (tertiary/aromatic N) is 1. The Balaban J connectivity index is 1.68. The van der Waals surface area contributed by atoms with E-state index in [1.807, 2.05) is 7.11 Å². The second-order valence-corrected chi connectivity index (χ2v) is 6.23. The van der Waals surface area contributed by atoms with Gasteiger partial charge in [0, 0.05) is 33.4 Å². The number of ether oxygens (including phenoxy) is 2. The van der Waals surface area contributed by atoms with Crippen LogP contribution in [0.5, 0.6) is 0 Å². The molecule has 1 spiro atoms. The summed E-state index contributed by atoms with van der Waals surface area (Å²) < 4.78 is 11.8. The van der Waals surface area contributed by atoms with Crippen molar-refractivity contribution in [3.05, 3.63) is 35.4 Å². The maximum atomic E-state index is 6.11. The number of benzene rings is 1. The van der Waals surface area contributed by atoms with Gasteiger partial charge in [-0.25, -0.2) is 0 Å². The van der Waals surface area contributed by atoms with Crippen LogP contribution in [0.1, 0.15) is 30.4 Å². The van der Waals surface area contributed by atoms with Crippen molar-refractivity contribution < 1.29 is 9.47 Å². The summed E-state index contributed by atoms with van der Waals surface area (Å²) in [5.74, 6) is 0. The minimum atomic E-state index is -0.0578. The molecule has 110 valence electrons. The Labute approximate surface area is 121 Å². The van der Waals surface area contributed by atoms with Gasteiger partial charge >= 0.3 is 0 Å². The lowest BCUT2D eigenvalue weighted by Gasteiger charge is -2.44. The molecule has 0 unspecified atom stereocenters. The zero-order valence-electron chi connectivity index (χ0n) is 12.6. The highest BCUT2D eigenvalue weighted by atomic mass is 16.5. The van der Waals surface area contributed by atoms with Gasteiger partial charge in [-0.15, -0.1) is 0 Å². The van der Waals surface area contributed by atoms with Crippen LogP contribution in [0.2, 0.25) is 0 Å². The lowest BCUT2D eigenvalue weighted by Crippen LogP contribution is -2.56. The highest BCUT2D eigenvalue weighted by molar-refractivity contribution is 5.21. The molecule has 3 nitrogen and oxygen atoms in total. The molecule has 3 rings (SSSR count). The van der Waals surface area contributed by atoms with Crippen LogP contribution in [0.4, 0.5) is 0 Å². The summed E-state index contributed by atoms with van der Waals surface area (Å²) in [5.41, 5.74) is 2.65. The van der Waals surface area contributed by atoms with Crippen molar-refractivity contribution in [2.45, 2.75) is 44.4 Å². The first kappa shape index (κ1) is 14.1. The van der Waals surface area contributed by atoms with Gasteiger partial charge in [0.1, 0.15) is 5.60 Å². The van der Waals surface area contributed by atoms with Crippen molar-refractivity contribution in [2.75, 3.05) is 26.8 Å². The molecular formula is C17H25NO2. The van der Waals surface area contributed by atoms with E-state index in [9.17, 15) is 0 Å². The third-order valence-electron chi connectivity index (χ3n) is 4.73. The van der Waals surface area contributed by atoms with Crippen LogP contribution in [0.15, 0.2) is 24.3 Å². The fourth-order valence-electron chi connectivity index (χ4n) is 3.64. The smallest absolute Gasteiger partial charge is 0.107 e. The van der Waals surface area contributed by atoms with Crippen molar-refractivity contribution >= 4 is 0 Å². The number of likely N-dealkylation sites (tertiary alicyclic amines) is 1. The molecule has 0 aromatic heterocycles. The molecule has 20 heavy (non-hydrogen) atoms. The Morgan fingerprint density at radius 2 is 2.15 bits per heavy atom. The maximum absolute atomic E-state index is 6.11. The third kappa shape index (κ3) is 2.76. The molecule has 0 bridgehead atoms. The van der Waals surface area contributed by atoms with E-state index >= 15 is 0 Å². The molecule has 2 saturated heterocycles. The molecule has 2 atom stereocenters. The molecule has 2 heterocycles. The Hall–Kier alpha value is -0.900. The first-order chi connectivity index (χ1) is 9.72. The number of aryl methyl sites for hydroxylation is 1. The quantitative estimate of drug-likeness (QED) is 0.846. The molecular weight excluding hydrogens is 250 g/mol. The van der Waals surface area contributed by atoms with Crippen LogP contribution in [-0.2, 0) is 16.0 Å². The number of hydrogen-bond acceptors (Lipinski definition) is 3. The monoisotopic (exact) mass is 275 g/mol. The summed E-state index contributed by atoms with van der Waals surface area (Å²) in [6.07, 6.45) is 3.63. The highest BCUT2D eigenvalue weighted by Gasteiger charge is 2.46. The van der Waals surface area contributed by atoms with Gasteiger partial charge in [0.05, 0.1) is 6.10 Å². The summed E-state index contributed by atoms with van der Waals surface area (Å²) in [4.78, 5) is 2.52. The van der Waals surface area contributed by atoms with E-state index in [-0.39, 0.29) is 11.7 Å². The number of methoxy groups -OCH3 is 1. The van der Waals surface area contributed by atoms with Crippen LogP contribution in [0, 0.1) is 6.92 Å². The van der Waals surface area contributed by atoms with E-state index in [0.29, 0.717) is 0 Å². The fraction of sp³-hybridized carbons (Fsp3) is 0.647. The zero-order valence-corrected chi connectivity index (χ0v) is 12.6. The first-order valence-corrected chi connectivity index (χ1v) is 7.66. The number of piperidine rings is 1. The lowest BCUT2D eigenvalue weighted by molar-refractivity contribution is -0.145. The zero-order chi connectivity index (χ0) is 14.0. The minimum Gasteiger partial charge on any atom is -0.378 e. The van der Waals surface area contributed by atoms with Gasteiger partial charge in [-0.2, -0.15) is 0 Å². The molecule has 1 aromatic rings. The van der Waals surface area contributed by atoms with Gasteiger partial charge in [-0.05, 0) is 31.7 Å². The van der Waals surface area contributed by atoms with Crippen molar-refractivity contribution in [1.29, 1.82) is 0 Å². The van der Waals surface area contributed by atoms with Crippen LogP contribution in [-0.4, -0.2) is 43.4 Å². The van der Waals surface area contributed by atoms with E-state index in [0.717, 1.165) is 45.5 Å². The second-order valence-electron chi connectivity index (χ2n) is 6.23. The molecule has 0 N–H and O–H groups in total. The van der Waals surface area contributed by atoms with Gasteiger partial charge in [-0.3, -0.25) is 4.90 Å². The second kappa shape index (κ2) is 5.84. The van der Waals surface area contributed by atoms with Crippen molar-refractivity contribution in [2.24, 2.45) is 0 Å². The van der Waals surface area contributed by atoms with E-state index < -0.39 is 0 Å². The van der Waals surface area contributed by atoms with Crippen molar-refractivity contribution in [3.63, 3.8) is 0 Å². The molecule has 2 fully saturated rings. The summed E-state index contributed by atoms with van der Waals surface area (Å²) >= 11 is 0. The number of hydrogen-bond donors (Lipinski definition) is 0. The van der Waals surface area contributed by atoms with Gasteiger partial charge in [-0.1, -0.05) is 29.8 Å². The summed E-state index contributed by atoms with van der Waals surface area (Å²) in [6, 6.07) is 8.86. The normalized spacial score (nSPS) is 31.0. The fourth-order valence-corrected chi connectivity index (χ4v) is 3.64. The van der Waals surface area contributed by atoms with Gasteiger partial charge in [0.25, 0.3) is 0 Å². The molecule has 0 amide bonds. The Kier molecular flexibility index (Phi) is 4.11. The Morgan fingerprint density at radius 3 is 2.80 bits per heavy atom. The topological polar surface area (TPSA) is 21.7 Å². The first-order valence-electron chi connectivity index (χ1n) is 7.66. The van der Waals surface area contributed by atoms with E-state index in [2.05, 4.69) is 36.1 Å². The molecule has 0 saturated carbocycles. The predicted molar refractivity (Wildman–Crippen MR) is 79.8 cm³/mol. The lowest BCUT2D eigenvalue weighted by atomic mass is 9.86. The van der Waals surface area contributed by atoms with Crippen molar-refractivity contribution in [3.8, 4) is 0 Å². The molecule has 2 aliphatic heterocycles. The SMILES string of the molecule is CO[C@H]1CCN(Cc2ccc(C)cc2)C[C@@]12CCCO2. The number of rotatable bonds is 3. The van der Waals surface area contributed by atoms with E-state index in [4.69, 9.17) is 9.47 Å². The van der Waals surface area contributed by atoms with Gasteiger partial charge in [0.2, 0.25) is 0 Å². The van der Waals surface area contributed by atoms with E-state index in [1.165, 1.54) is 11.1 Å². The van der Waals surface area contributed by atoms with Crippen molar-refractivity contribution in [1.82, 2.24) is 4.90 Å². The molecule has 0 aliphatic carbocycles. The third-order valence-corrected chi connectivity index (χ3v) is 4.73. The predicted octanol–water partition coefficient (Wildman–Crippen LogP) is 2.76. The summed E-state index contributed by atoms with van der Waals surface area (Å²) in [7, 11) is 1.82. The van der Waals surface area contributed by atoms with Gasteiger partial charge in [0.15, 0.2) is 0 Å². The largest absolute Gasteiger partial charge is 0.378 e. The average Bonchev–Trinajstić information content (AvgIpc) is 2.90.